The van der Waals surface area contributed by atoms with Gasteiger partial charge in [0.25, 0.3) is 0 Å². The van der Waals surface area contributed by atoms with E-state index in [1.54, 1.807) is 26.5 Å². The summed E-state index contributed by atoms with van der Waals surface area (Å²) in [7, 11) is 1.24. The molecule has 0 saturated heterocycles. The van der Waals surface area contributed by atoms with Gasteiger partial charge in [-0.05, 0) is 88.4 Å². The van der Waals surface area contributed by atoms with Crippen molar-refractivity contribution in [3.05, 3.63) is 148 Å². The fourth-order valence-electron chi connectivity index (χ4n) is 5.41. The summed E-state index contributed by atoms with van der Waals surface area (Å²) in [4.78, 5) is 17.0. The predicted octanol–water partition coefficient (Wildman–Crippen LogP) is 7.86. The Labute approximate surface area is 284 Å². The van der Waals surface area contributed by atoms with E-state index in [1.807, 2.05) is 78.9 Å². The molecule has 5 aromatic rings. The number of nitrogens with two attached hydrogens (primary N) is 1. The summed E-state index contributed by atoms with van der Waals surface area (Å²) in [5.41, 5.74) is 9.62. The molecule has 0 aliphatic rings. The normalized spacial score (nSPS) is 12.1. The topological polar surface area (TPSA) is 97.8 Å². The van der Waals surface area contributed by atoms with Gasteiger partial charge in [-0.15, -0.1) is 0 Å². The van der Waals surface area contributed by atoms with Crippen molar-refractivity contribution in [2.45, 2.75) is 57.7 Å². The Morgan fingerprint density at radius 1 is 0.729 bits per heavy atom. The number of aromatic nitrogens is 2. The maximum absolute atomic E-state index is 13.0. The molecule has 1 aromatic heterocycles. The van der Waals surface area contributed by atoms with Gasteiger partial charge < -0.3 is 24.4 Å². The van der Waals surface area contributed by atoms with E-state index in [-0.39, 0.29) is 17.5 Å². The summed E-state index contributed by atoms with van der Waals surface area (Å²) in [6.45, 7) is 11.7. The molecule has 250 valence electrons. The monoisotopic (exact) mass is 663 g/mol. The van der Waals surface area contributed by atoms with Crippen LogP contribution in [0.5, 0.6) is 11.5 Å². The SMILES string of the molecule is COc1ccc(C(OCc2cc(CO[Si](C)(C)C(C)(C)C)cc(-n3ccc(N)nc3=O)c2)(c2ccccc2)c2ccc(OC)cc2)cc1. The van der Waals surface area contributed by atoms with E-state index in [2.05, 4.69) is 57.0 Å². The van der Waals surface area contributed by atoms with Crippen molar-refractivity contribution >= 4 is 14.1 Å². The molecule has 0 saturated carbocycles. The van der Waals surface area contributed by atoms with Gasteiger partial charge in [-0.25, -0.2) is 4.79 Å². The molecule has 0 unspecified atom stereocenters. The van der Waals surface area contributed by atoms with Gasteiger partial charge in [0.1, 0.15) is 22.9 Å². The van der Waals surface area contributed by atoms with Gasteiger partial charge in [0.05, 0.1) is 33.1 Å². The van der Waals surface area contributed by atoms with Crippen LogP contribution in [0.25, 0.3) is 5.69 Å². The Hall–Kier alpha value is -4.70. The number of ether oxygens (including phenoxy) is 3. The molecule has 5 rings (SSSR count). The number of nitrogen functional groups attached to an aromatic ring is 1. The zero-order valence-electron chi connectivity index (χ0n) is 28.8. The van der Waals surface area contributed by atoms with Gasteiger partial charge >= 0.3 is 5.69 Å². The van der Waals surface area contributed by atoms with Crippen LogP contribution in [-0.4, -0.2) is 32.1 Å². The van der Waals surface area contributed by atoms with Crippen molar-refractivity contribution in [2.75, 3.05) is 20.0 Å². The van der Waals surface area contributed by atoms with E-state index in [0.29, 0.717) is 12.3 Å². The van der Waals surface area contributed by atoms with E-state index >= 15 is 0 Å². The van der Waals surface area contributed by atoms with Crippen LogP contribution >= 0.6 is 0 Å². The van der Waals surface area contributed by atoms with Crippen LogP contribution in [0.15, 0.2) is 114 Å². The van der Waals surface area contributed by atoms with E-state index in [1.165, 1.54) is 4.57 Å². The number of nitrogens with zero attached hydrogens (tertiary/aromatic N) is 2. The van der Waals surface area contributed by atoms with E-state index < -0.39 is 19.6 Å². The fraction of sp³-hybridized carbons (Fsp3) is 0.282. The molecular formula is C39H45N3O5Si. The third-order valence-electron chi connectivity index (χ3n) is 9.18. The van der Waals surface area contributed by atoms with Crippen molar-refractivity contribution in [1.29, 1.82) is 0 Å². The van der Waals surface area contributed by atoms with Crippen molar-refractivity contribution in [1.82, 2.24) is 9.55 Å². The van der Waals surface area contributed by atoms with Crippen LogP contribution < -0.4 is 20.9 Å². The Kier molecular flexibility index (Phi) is 10.2. The van der Waals surface area contributed by atoms with Crippen molar-refractivity contribution in [3.8, 4) is 17.2 Å². The lowest BCUT2D eigenvalue weighted by Gasteiger charge is -2.36. The molecule has 0 aliphatic carbocycles. The molecule has 0 atom stereocenters. The Morgan fingerprint density at radius 3 is 1.75 bits per heavy atom. The van der Waals surface area contributed by atoms with E-state index in [9.17, 15) is 4.79 Å². The fourth-order valence-corrected chi connectivity index (χ4v) is 6.37. The standard InChI is InChI=1S/C39H45N3O5Si/c1-38(2,3)48(6,7)47-27-29-23-28(24-33(25-29)42-22-21-36(40)41-37(42)43)26-46-39(30-11-9-8-10-12-30,31-13-17-34(44-4)18-14-31)32-15-19-35(45-5)20-16-32/h8-25H,26-27H2,1-7H3,(H2,40,41,43). The lowest BCUT2D eigenvalue weighted by Crippen LogP contribution is -2.40. The smallest absolute Gasteiger partial charge is 0.354 e. The highest BCUT2D eigenvalue weighted by Gasteiger charge is 2.39. The highest BCUT2D eigenvalue weighted by molar-refractivity contribution is 6.74. The number of hydrogen-bond donors (Lipinski definition) is 1. The summed E-state index contributed by atoms with van der Waals surface area (Å²) >= 11 is 0. The number of rotatable bonds is 12. The molecule has 9 heteroatoms. The Balaban J connectivity index is 1.64. The van der Waals surface area contributed by atoms with Gasteiger partial charge in [0.2, 0.25) is 0 Å². The quantitative estimate of drug-likeness (QED) is 0.107. The predicted molar refractivity (Wildman–Crippen MR) is 193 cm³/mol. The molecular weight excluding hydrogens is 619 g/mol. The molecule has 2 N–H and O–H groups in total. The zero-order valence-corrected chi connectivity index (χ0v) is 29.8. The lowest BCUT2D eigenvalue weighted by molar-refractivity contribution is 0.000142. The zero-order chi connectivity index (χ0) is 34.5. The second kappa shape index (κ2) is 14.2. The Morgan fingerprint density at radius 2 is 1.25 bits per heavy atom. The summed E-state index contributed by atoms with van der Waals surface area (Å²) < 4.78 is 26.3. The minimum Gasteiger partial charge on any atom is -0.497 e. The molecule has 0 amide bonds. The first kappa shape index (κ1) is 34.6. The maximum atomic E-state index is 13.0. The van der Waals surface area contributed by atoms with Crippen molar-refractivity contribution in [3.63, 3.8) is 0 Å². The van der Waals surface area contributed by atoms with Gasteiger partial charge in [-0.2, -0.15) is 4.98 Å². The van der Waals surface area contributed by atoms with Crippen LogP contribution in [0.3, 0.4) is 0 Å². The van der Waals surface area contributed by atoms with Gasteiger partial charge in [0.15, 0.2) is 8.32 Å². The average Bonchev–Trinajstić information content (AvgIpc) is 3.08. The van der Waals surface area contributed by atoms with Crippen LogP contribution in [0.1, 0.15) is 48.6 Å². The maximum Gasteiger partial charge on any atom is 0.354 e. The number of methoxy groups -OCH3 is 2. The van der Waals surface area contributed by atoms with Crippen molar-refractivity contribution in [2.24, 2.45) is 0 Å². The van der Waals surface area contributed by atoms with E-state index in [0.717, 1.165) is 39.3 Å². The molecule has 0 spiro atoms. The summed E-state index contributed by atoms with van der Waals surface area (Å²) in [6.07, 6.45) is 1.64. The minimum atomic E-state index is -2.07. The minimum absolute atomic E-state index is 0.0420. The van der Waals surface area contributed by atoms with Gasteiger partial charge in [-0.1, -0.05) is 81.4 Å². The molecule has 0 fully saturated rings. The molecule has 48 heavy (non-hydrogen) atoms. The first-order valence-corrected chi connectivity index (χ1v) is 18.9. The average molecular weight is 664 g/mol. The number of hydrogen-bond acceptors (Lipinski definition) is 7. The second-order valence-corrected chi connectivity index (χ2v) is 18.2. The van der Waals surface area contributed by atoms with Crippen LogP contribution in [0, 0.1) is 0 Å². The van der Waals surface area contributed by atoms with Gasteiger partial charge in [-0.3, -0.25) is 4.57 Å². The van der Waals surface area contributed by atoms with Crippen LogP contribution in [-0.2, 0) is 28.0 Å². The molecule has 4 aromatic carbocycles. The largest absolute Gasteiger partial charge is 0.497 e. The number of benzene rings is 4. The summed E-state index contributed by atoms with van der Waals surface area (Å²) in [6, 6.07) is 33.7. The summed E-state index contributed by atoms with van der Waals surface area (Å²) in [5.74, 6) is 1.66. The number of anilines is 1. The highest BCUT2D eigenvalue weighted by Crippen LogP contribution is 2.42. The molecule has 1 heterocycles. The first-order valence-electron chi connectivity index (χ1n) is 16.0. The molecule has 0 bridgehead atoms. The van der Waals surface area contributed by atoms with Crippen LogP contribution in [0.4, 0.5) is 5.82 Å². The molecule has 8 nitrogen and oxygen atoms in total. The van der Waals surface area contributed by atoms with Crippen molar-refractivity contribution < 1.29 is 18.6 Å². The van der Waals surface area contributed by atoms with Gasteiger partial charge in [0, 0.05) is 6.20 Å². The third-order valence-corrected chi connectivity index (χ3v) is 13.7. The lowest BCUT2D eigenvalue weighted by atomic mass is 9.80. The molecule has 0 aliphatic heterocycles. The Bertz CT molecular complexity index is 1840. The summed E-state index contributed by atoms with van der Waals surface area (Å²) in [5, 5.41) is 0.0420. The first-order chi connectivity index (χ1) is 22.9. The third kappa shape index (κ3) is 7.38. The highest BCUT2D eigenvalue weighted by atomic mass is 28.4. The van der Waals surface area contributed by atoms with E-state index in [4.69, 9.17) is 24.4 Å². The molecule has 0 radical (unpaired) electrons. The van der Waals surface area contributed by atoms with Crippen LogP contribution in [0.2, 0.25) is 18.1 Å². The second-order valence-electron chi connectivity index (χ2n) is 13.4.